The molecular formula is C55H35N5O. The van der Waals surface area contributed by atoms with Gasteiger partial charge in [-0.25, -0.2) is 24.9 Å². The molecule has 0 spiro atoms. The molecule has 0 atom stereocenters. The molecule has 6 heteroatoms. The number of aromatic nitrogens is 5. The van der Waals surface area contributed by atoms with Crippen LogP contribution in [0.5, 0.6) is 0 Å². The van der Waals surface area contributed by atoms with Crippen molar-refractivity contribution < 1.29 is 4.42 Å². The number of para-hydroxylation sites is 1. The Morgan fingerprint density at radius 2 is 0.721 bits per heavy atom. The molecule has 286 valence electrons. The summed E-state index contributed by atoms with van der Waals surface area (Å²) in [6.45, 7) is 0. The van der Waals surface area contributed by atoms with Crippen LogP contribution in [0.4, 0.5) is 0 Å². The molecular weight excluding hydrogens is 747 g/mol. The largest absolute Gasteiger partial charge is 0.455 e. The third-order valence-corrected chi connectivity index (χ3v) is 11.0. The van der Waals surface area contributed by atoms with Crippen molar-refractivity contribution in [2.24, 2.45) is 0 Å². The molecule has 61 heavy (non-hydrogen) atoms. The summed E-state index contributed by atoms with van der Waals surface area (Å²) in [5.74, 6) is 2.50. The van der Waals surface area contributed by atoms with Crippen LogP contribution in [0, 0.1) is 0 Å². The van der Waals surface area contributed by atoms with Crippen molar-refractivity contribution in [2.45, 2.75) is 0 Å². The fourth-order valence-electron chi connectivity index (χ4n) is 7.96. The third kappa shape index (κ3) is 6.92. The van der Waals surface area contributed by atoms with Gasteiger partial charge in [0.2, 0.25) is 0 Å². The number of rotatable bonds is 8. The standard InChI is InChI=1S/C55H35N5O/c1-5-16-37(17-6-1)47-35-48(38-18-7-2-8-19-38)57-55(56-47)43-25-15-24-42(34-43)50-44(32-33-46-45-26-13-14-27-49(45)61-51(46)50)36-28-30-41(31-29-36)54-59-52(39-20-9-3-10-21-39)58-53(60-54)40-22-11-4-12-23-40/h1-35H. The molecule has 0 aliphatic heterocycles. The lowest BCUT2D eigenvalue weighted by Gasteiger charge is -2.14. The van der Waals surface area contributed by atoms with Crippen LogP contribution in [0.25, 0.3) is 112 Å². The van der Waals surface area contributed by atoms with Crippen molar-refractivity contribution in [1.29, 1.82) is 0 Å². The SMILES string of the molecule is c1ccc(-c2cc(-c3ccccc3)nc(-c3cccc(-c4c(-c5ccc(-c6nc(-c7ccccc7)nc(-c7ccccc7)n6)cc5)ccc5c4oc4ccccc45)c3)n2)cc1. The number of fused-ring (bicyclic) bond motifs is 3. The van der Waals surface area contributed by atoms with Crippen molar-refractivity contribution in [1.82, 2.24) is 24.9 Å². The predicted octanol–water partition coefficient (Wildman–Crippen LogP) is 13.9. The number of hydrogen-bond acceptors (Lipinski definition) is 6. The smallest absolute Gasteiger partial charge is 0.164 e. The van der Waals surface area contributed by atoms with Crippen molar-refractivity contribution >= 4 is 21.9 Å². The molecule has 0 amide bonds. The van der Waals surface area contributed by atoms with E-state index in [1.165, 1.54) is 0 Å². The van der Waals surface area contributed by atoms with Gasteiger partial charge >= 0.3 is 0 Å². The van der Waals surface area contributed by atoms with Crippen molar-refractivity contribution in [3.05, 3.63) is 212 Å². The average Bonchev–Trinajstić information content (AvgIpc) is 3.73. The Morgan fingerprint density at radius 1 is 0.279 bits per heavy atom. The van der Waals surface area contributed by atoms with E-state index in [0.29, 0.717) is 23.3 Å². The molecule has 3 heterocycles. The minimum Gasteiger partial charge on any atom is -0.455 e. The van der Waals surface area contributed by atoms with Crippen molar-refractivity contribution in [3.63, 3.8) is 0 Å². The first-order valence-electron chi connectivity index (χ1n) is 20.2. The summed E-state index contributed by atoms with van der Waals surface area (Å²) in [6.07, 6.45) is 0. The first-order valence-corrected chi connectivity index (χ1v) is 20.2. The van der Waals surface area contributed by atoms with Crippen LogP contribution in [0.2, 0.25) is 0 Å². The quantitative estimate of drug-likeness (QED) is 0.153. The Balaban J connectivity index is 1.05. The third-order valence-electron chi connectivity index (χ3n) is 11.0. The van der Waals surface area contributed by atoms with Crippen LogP contribution in [0.15, 0.2) is 217 Å². The highest BCUT2D eigenvalue weighted by atomic mass is 16.3. The van der Waals surface area contributed by atoms with Gasteiger partial charge in [-0.1, -0.05) is 188 Å². The van der Waals surface area contributed by atoms with Gasteiger partial charge in [-0.2, -0.15) is 0 Å². The van der Waals surface area contributed by atoms with Gasteiger partial charge in [0.15, 0.2) is 23.3 Å². The molecule has 11 rings (SSSR count). The van der Waals surface area contributed by atoms with E-state index in [-0.39, 0.29) is 0 Å². The normalized spacial score (nSPS) is 11.3. The van der Waals surface area contributed by atoms with Crippen LogP contribution in [0.3, 0.4) is 0 Å². The summed E-state index contributed by atoms with van der Waals surface area (Å²) in [5.41, 5.74) is 13.1. The lowest BCUT2D eigenvalue weighted by molar-refractivity contribution is 0.670. The highest BCUT2D eigenvalue weighted by molar-refractivity contribution is 6.12. The second kappa shape index (κ2) is 15.4. The van der Waals surface area contributed by atoms with Crippen LogP contribution in [-0.2, 0) is 0 Å². The maximum Gasteiger partial charge on any atom is 0.164 e. The number of nitrogens with zero attached hydrogens (tertiary/aromatic N) is 5. The second-order valence-corrected chi connectivity index (χ2v) is 14.9. The summed E-state index contributed by atoms with van der Waals surface area (Å²) >= 11 is 0. The highest BCUT2D eigenvalue weighted by Crippen LogP contribution is 2.43. The Kier molecular flexibility index (Phi) is 9.06. The predicted molar refractivity (Wildman–Crippen MR) is 246 cm³/mol. The lowest BCUT2D eigenvalue weighted by Crippen LogP contribution is -2.00. The Hall–Kier alpha value is -8.35. The Morgan fingerprint density at radius 3 is 1.30 bits per heavy atom. The summed E-state index contributed by atoms with van der Waals surface area (Å²) < 4.78 is 6.74. The first kappa shape index (κ1) is 35.8. The minimum atomic E-state index is 0.604. The molecule has 8 aromatic carbocycles. The zero-order valence-corrected chi connectivity index (χ0v) is 32.9. The molecule has 0 saturated carbocycles. The summed E-state index contributed by atoms with van der Waals surface area (Å²) in [7, 11) is 0. The van der Waals surface area contributed by atoms with Gasteiger partial charge in [0.25, 0.3) is 0 Å². The van der Waals surface area contributed by atoms with Crippen molar-refractivity contribution in [2.75, 3.05) is 0 Å². The minimum absolute atomic E-state index is 0.604. The van der Waals surface area contributed by atoms with E-state index in [0.717, 1.165) is 89.0 Å². The van der Waals surface area contributed by atoms with Gasteiger partial charge in [-0.05, 0) is 41.0 Å². The van der Waals surface area contributed by atoms with Crippen molar-refractivity contribution in [3.8, 4) is 90.3 Å². The number of furan rings is 1. The number of benzene rings is 8. The zero-order valence-electron chi connectivity index (χ0n) is 32.9. The Labute approximate surface area is 352 Å². The lowest BCUT2D eigenvalue weighted by atomic mass is 9.91. The molecule has 0 N–H and O–H groups in total. The van der Waals surface area contributed by atoms with Gasteiger partial charge < -0.3 is 4.42 Å². The first-order chi connectivity index (χ1) is 30.2. The van der Waals surface area contributed by atoms with Crippen LogP contribution in [0.1, 0.15) is 0 Å². The maximum absolute atomic E-state index is 6.74. The molecule has 0 radical (unpaired) electrons. The van der Waals surface area contributed by atoms with Gasteiger partial charge in [0, 0.05) is 49.7 Å². The van der Waals surface area contributed by atoms with E-state index in [1.54, 1.807) is 0 Å². The molecule has 11 aromatic rings. The fraction of sp³-hybridized carbons (Fsp3) is 0. The van der Waals surface area contributed by atoms with Crippen LogP contribution in [-0.4, -0.2) is 24.9 Å². The van der Waals surface area contributed by atoms with E-state index in [4.69, 9.17) is 29.3 Å². The van der Waals surface area contributed by atoms with E-state index in [1.807, 2.05) is 109 Å². The molecule has 0 fully saturated rings. The van der Waals surface area contributed by atoms with E-state index in [2.05, 4.69) is 103 Å². The van der Waals surface area contributed by atoms with Crippen LogP contribution >= 0.6 is 0 Å². The maximum atomic E-state index is 6.74. The molecule has 0 bridgehead atoms. The average molecular weight is 782 g/mol. The molecule has 0 unspecified atom stereocenters. The van der Waals surface area contributed by atoms with Gasteiger partial charge in [0.1, 0.15) is 11.2 Å². The highest BCUT2D eigenvalue weighted by Gasteiger charge is 2.20. The second-order valence-electron chi connectivity index (χ2n) is 14.9. The van der Waals surface area contributed by atoms with E-state index >= 15 is 0 Å². The van der Waals surface area contributed by atoms with Gasteiger partial charge in [0.05, 0.1) is 11.4 Å². The molecule has 6 nitrogen and oxygen atoms in total. The monoisotopic (exact) mass is 781 g/mol. The van der Waals surface area contributed by atoms with E-state index in [9.17, 15) is 0 Å². The molecule has 0 aliphatic rings. The van der Waals surface area contributed by atoms with Crippen LogP contribution < -0.4 is 0 Å². The Bertz CT molecular complexity index is 3220. The van der Waals surface area contributed by atoms with E-state index < -0.39 is 0 Å². The molecule has 3 aromatic heterocycles. The molecule has 0 aliphatic carbocycles. The van der Waals surface area contributed by atoms with Gasteiger partial charge in [-0.3, -0.25) is 0 Å². The summed E-state index contributed by atoms with van der Waals surface area (Å²) in [4.78, 5) is 25.1. The molecule has 0 saturated heterocycles. The topological polar surface area (TPSA) is 77.6 Å². The fourth-order valence-corrected chi connectivity index (χ4v) is 7.96. The summed E-state index contributed by atoms with van der Waals surface area (Å²) in [5, 5.41) is 2.12. The number of hydrogen-bond donors (Lipinski definition) is 0. The summed E-state index contributed by atoms with van der Waals surface area (Å²) in [6, 6.07) is 72.2. The van der Waals surface area contributed by atoms with Gasteiger partial charge in [-0.15, -0.1) is 0 Å². The zero-order chi connectivity index (χ0) is 40.5.